The van der Waals surface area contributed by atoms with Crippen molar-refractivity contribution in [3.63, 3.8) is 0 Å². The quantitative estimate of drug-likeness (QED) is 0.787. The van der Waals surface area contributed by atoms with E-state index in [1.807, 2.05) is 30.0 Å². The van der Waals surface area contributed by atoms with Crippen molar-refractivity contribution in [1.29, 1.82) is 0 Å². The van der Waals surface area contributed by atoms with Gasteiger partial charge in [-0.25, -0.2) is 0 Å². The summed E-state index contributed by atoms with van der Waals surface area (Å²) in [5.41, 5.74) is 0.939. The molecule has 1 aromatic rings. The smallest absolute Gasteiger partial charge is 0.222 e. The van der Waals surface area contributed by atoms with Crippen LogP contribution in [-0.4, -0.2) is 50.1 Å². The molecular formula is C18H26N2O4. The van der Waals surface area contributed by atoms with Gasteiger partial charge in [0.2, 0.25) is 11.8 Å². The Morgan fingerprint density at radius 1 is 1.33 bits per heavy atom. The molecule has 1 fully saturated rings. The van der Waals surface area contributed by atoms with Gasteiger partial charge in [0.15, 0.2) is 0 Å². The molecular weight excluding hydrogens is 308 g/mol. The van der Waals surface area contributed by atoms with Gasteiger partial charge in [-0.1, -0.05) is 0 Å². The van der Waals surface area contributed by atoms with E-state index < -0.39 is 0 Å². The van der Waals surface area contributed by atoms with E-state index in [-0.39, 0.29) is 17.9 Å². The van der Waals surface area contributed by atoms with Crippen molar-refractivity contribution in [3.8, 4) is 11.5 Å². The number of carbonyl (C=O) groups excluding carboxylic acids is 2. The minimum atomic E-state index is -0.0493. The first-order chi connectivity index (χ1) is 11.5. The maximum absolute atomic E-state index is 12.1. The Balaban J connectivity index is 1.83. The van der Waals surface area contributed by atoms with E-state index in [2.05, 4.69) is 5.32 Å². The largest absolute Gasteiger partial charge is 0.497 e. The number of aryl methyl sites for hydroxylation is 1. The fourth-order valence-corrected chi connectivity index (χ4v) is 2.95. The fraction of sp³-hybridized carbons (Fsp3) is 0.556. The molecule has 0 aromatic heterocycles. The summed E-state index contributed by atoms with van der Waals surface area (Å²) in [7, 11) is 3.22. The Labute approximate surface area is 143 Å². The lowest BCUT2D eigenvalue weighted by Gasteiger charge is -2.21. The Morgan fingerprint density at radius 2 is 2.12 bits per heavy atom. The molecule has 1 saturated heterocycles. The molecule has 0 aliphatic carbocycles. The van der Waals surface area contributed by atoms with E-state index in [4.69, 9.17) is 9.47 Å². The van der Waals surface area contributed by atoms with Crippen molar-refractivity contribution in [2.45, 2.75) is 38.6 Å². The second kappa shape index (κ2) is 8.57. The Hall–Kier alpha value is -2.24. The molecule has 1 atom stereocenters. The third kappa shape index (κ3) is 4.88. The molecule has 6 heteroatoms. The summed E-state index contributed by atoms with van der Waals surface area (Å²) in [6.07, 6.45) is 2.47. The highest BCUT2D eigenvalue weighted by molar-refractivity contribution is 5.79. The fourth-order valence-electron chi connectivity index (χ4n) is 2.95. The summed E-state index contributed by atoms with van der Waals surface area (Å²) in [5, 5.41) is 2.96. The van der Waals surface area contributed by atoms with Crippen LogP contribution in [0.1, 0.15) is 31.7 Å². The molecule has 2 amide bonds. The number of nitrogens with one attached hydrogen (secondary N) is 1. The third-order valence-corrected chi connectivity index (χ3v) is 4.18. The molecule has 0 bridgehead atoms. The van der Waals surface area contributed by atoms with Crippen LogP contribution in [0.5, 0.6) is 11.5 Å². The zero-order chi connectivity index (χ0) is 17.5. The molecule has 1 aliphatic rings. The molecule has 0 saturated carbocycles. The molecule has 6 nitrogen and oxygen atoms in total. The third-order valence-electron chi connectivity index (χ3n) is 4.18. The maximum atomic E-state index is 12.1. The standard InChI is InChI=1S/C18H26N2O4/c1-13(12-20-10-4-5-18(20)22)19-17(21)9-6-14-11-15(23-2)7-8-16(14)24-3/h7-8,11,13H,4-6,9-10,12H2,1-3H3,(H,19,21)/t13-/m0/s1. The van der Waals surface area contributed by atoms with E-state index in [0.29, 0.717) is 25.8 Å². The van der Waals surface area contributed by atoms with Crippen molar-refractivity contribution in [1.82, 2.24) is 10.2 Å². The van der Waals surface area contributed by atoms with Crippen molar-refractivity contribution in [2.75, 3.05) is 27.3 Å². The summed E-state index contributed by atoms with van der Waals surface area (Å²) < 4.78 is 10.5. The molecule has 132 valence electrons. The number of likely N-dealkylation sites (tertiary alicyclic amines) is 1. The van der Waals surface area contributed by atoms with Gasteiger partial charge in [-0.15, -0.1) is 0 Å². The highest BCUT2D eigenvalue weighted by Crippen LogP contribution is 2.25. The van der Waals surface area contributed by atoms with Crippen LogP contribution in [0.15, 0.2) is 18.2 Å². The first kappa shape index (κ1) is 18.1. The summed E-state index contributed by atoms with van der Waals surface area (Å²) >= 11 is 0. The lowest BCUT2D eigenvalue weighted by atomic mass is 10.1. The molecule has 0 radical (unpaired) electrons. The lowest BCUT2D eigenvalue weighted by Crippen LogP contribution is -2.42. The number of hydrogen-bond acceptors (Lipinski definition) is 4. The number of rotatable bonds is 8. The van der Waals surface area contributed by atoms with Gasteiger partial charge in [-0.05, 0) is 43.5 Å². The molecule has 1 N–H and O–H groups in total. The monoisotopic (exact) mass is 334 g/mol. The number of amides is 2. The molecule has 1 aromatic carbocycles. The molecule has 0 unspecified atom stereocenters. The number of methoxy groups -OCH3 is 2. The van der Waals surface area contributed by atoms with Gasteiger partial charge in [0.25, 0.3) is 0 Å². The number of carbonyl (C=O) groups is 2. The first-order valence-corrected chi connectivity index (χ1v) is 8.31. The van der Waals surface area contributed by atoms with Crippen LogP contribution in [-0.2, 0) is 16.0 Å². The molecule has 2 rings (SSSR count). The van der Waals surface area contributed by atoms with Crippen molar-refractivity contribution >= 4 is 11.8 Å². The Kier molecular flexibility index (Phi) is 6.46. The maximum Gasteiger partial charge on any atom is 0.222 e. The van der Waals surface area contributed by atoms with Crippen molar-refractivity contribution in [3.05, 3.63) is 23.8 Å². The van der Waals surface area contributed by atoms with E-state index in [1.54, 1.807) is 14.2 Å². The van der Waals surface area contributed by atoms with Gasteiger partial charge in [-0.3, -0.25) is 9.59 Å². The Bertz CT molecular complexity index is 588. The van der Waals surface area contributed by atoms with Crippen LogP contribution < -0.4 is 14.8 Å². The summed E-state index contributed by atoms with van der Waals surface area (Å²) in [6.45, 7) is 3.29. The zero-order valence-electron chi connectivity index (χ0n) is 14.6. The predicted octanol–water partition coefficient (Wildman–Crippen LogP) is 1.76. The number of hydrogen-bond donors (Lipinski definition) is 1. The van der Waals surface area contributed by atoms with Gasteiger partial charge in [0.05, 0.1) is 14.2 Å². The normalized spacial score (nSPS) is 15.3. The minimum Gasteiger partial charge on any atom is -0.497 e. The number of nitrogens with zero attached hydrogens (tertiary/aromatic N) is 1. The van der Waals surface area contributed by atoms with Crippen LogP contribution in [0.3, 0.4) is 0 Å². The highest BCUT2D eigenvalue weighted by Gasteiger charge is 2.22. The van der Waals surface area contributed by atoms with Crippen LogP contribution in [0.25, 0.3) is 0 Å². The second-order valence-electron chi connectivity index (χ2n) is 6.09. The second-order valence-corrected chi connectivity index (χ2v) is 6.09. The Morgan fingerprint density at radius 3 is 2.75 bits per heavy atom. The van der Waals surface area contributed by atoms with Crippen LogP contribution in [0.4, 0.5) is 0 Å². The van der Waals surface area contributed by atoms with Gasteiger partial charge in [0, 0.05) is 32.0 Å². The molecule has 24 heavy (non-hydrogen) atoms. The highest BCUT2D eigenvalue weighted by atomic mass is 16.5. The minimum absolute atomic E-state index is 0.0287. The molecule has 1 aliphatic heterocycles. The first-order valence-electron chi connectivity index (χ1n) is 8.31. The summed E-state index contributed by atoms with van der Waals surface area (Å²) in [4.78, 5) is 25.6. The average molecular weight is 334 g/mol. The average Bonchev–Trinajstić information content (AvgIpc) is 2.97. The molecule has 1 heterocycles. The van der Waals surface area contributed by atoms with Crippen LogP contribution in [0, 0.1) is 0 Å². The van der Waals surface area contributed by atoms with E-state index >= 15 is 0 Å². The van der Waals surface area contributed by atoms with Crippen LogP contribution >= 0.6 is 0 Å². The van der Waals surface area contributed by atoms with E-state index in [9.17, 15) is 9.59 Å². The summed E-state index contributed by atoms with van der Waals surface area (Å²) in [6, 6.07) is 5.51. The summed E-state index contributed by atoms with van der Waals surface area (Å²) in [5.74, 6) is 1.64. The lowest BCUT2D eigenvalue weighted by molar-refractivity contribution is -0.129. The van der Waals surface area contributed by atoms with E-state index in [0.717, 1.165) is 30.0 Å². The topological polar surface area (TPSA) is 67.9 Å². The molecule has 0 spiro atoms. The van der Waals surface area contributed by atoms with E-state index in [1.165, 1.54) is 0 Å². The SMILES string of the molecule is COc1ccc(OC)c(CCC(=O)N[C@@H](C)CN2CCCC2=O)c1. The van der Waals surface area contributed by atoms with Crippen LogP contribution in [0.2, 0.25) is 0 Å². The zero-order valence-corrected chi connectivity index (χ0v) is 14.6. The van der Waals surface area contributed by atoms with Gasteiger partial charge >= 0.3 is 0 Å². The van der Waals surface area contributed by atoms with Crippen molar-refractivity contribution < 1.29 is 19.1 Å². The predicted molar refractivity (Wildman–Crippen MR) is 91.3 cm³/mol. The van der Waals surface area contributed by atoms with Gasteiger partial charge in [0.1, 0.15) is 11.5 Å². The van der Waals surface area contributed by atoms with Gasteiger partial charge < -0.3 is 19.7 Å². The number of ether oxygens (including phenoxy) is 2. The van der Waals surface area contributed by atoms with Gasteiger partial charge in [-0.2, -0.15) is 0 Å². The number of benzene rings is 1. The van der Waals surface area contributed by atoms with Crippen molar-refractivity contribution in [2.24, 2.45) is 0 Å².